The SMILES string of the molecule is CCCCCCC#CC(OC(C)=O)c1ccccc1C(C#CCCCCCC)OC(C)=O. The van der Waals surface area contributed by atoms with Crippen molar-refractivity contribution in [2.24, 2.45) is 0 Å². The van der Waals surface area contributed by atoms with Gasteiger partial charge in [0, 0.05) is 37.8 Å². The molecule has 0 aliphatic carbocycles. The molecule has 0 bridgehead atoms. The summed E-state index contributed by atoms with van der Waals surface area (Å²) in [6, 6.07) is 7.44. The van der Waals surface area contributed by atoms with Crippen molar-refractivity contribution in [3.8, 4) is 23.7 Å². The van der Waals surface area contributed by atoms with Crippen molar-refractivity contribution in [1.82, 2.24) is 0 Å². The average Bonchev–Trinajstić information content (AvgIpc) is 2.76. The molecule has 4 nitrogen and oxygen atoms in total. The third-order valence-corrected chi connectivity index (χ3v) is 4.91. The number of hydrogen-bond acceptors (Lipinski definition) is 4. The lowest BCUT2D eigenvalue weighted by molar-refractivity contribution is -0.146. The average molecular weight is 439 g/mol. The van der Waals surface area contributed by atoms with Crippen molar-refractivity contribution in [3.05, 3.63) is 35.4 Å². The molecule has 4 heteroatoms. The number of rotatable bonds is 12. The van der Waals surface area contributed by atoms with E-state index in [1.807, 2.05) is 24.3 Å². The molecular formula is C28H38O4. The van der Waals surface area contributed by atoms with E-state index in [0.717, 1.165) is 38.5 Å². The molecule has 0 amide bonds. The van der Waals surface area contributed by atoms with Gasteiger partial charge in [-0.15, -0.1) is 0 Å². The van der Waals surface area contributed by atoms with Crippen LogP contribution >= 0.6 is 0 Å². The molecule has 1 aromatic rings. The van der Waals surface area contributed by atoms with Crippen LogP contribution in [0, 0.1) is 23.7 Å². The van der Waals surface area contributed by atoms with E-state index in [-0.39, 0.29) is 0 Å². The highest BCUT2D eigenvalue weighted by Gasteiger charge is 2.22. The number of ether oxygens (including phenoxy) is 2. The lowest BCUT2D eigenvalue weighted by atomic mass is 9.97. The summed E-state index contributed by atoms with van der Waals surface area (Å²) < 4.78 is 11.1. The first-order valence-corrected chi connectivity index (χ1v) is 11.9. The Morgan fingerprint density at radius 3 is 1.47 bits per heavy atom. The molecule has 0 N–H and O–H groups in total. The molecule has 0 spiro atoms. The van der Waals surface area contributed by atoms with Crippen molar-refractivity contribution >= 4 is 11.9 Å². The minimum atomic E-state index is -0.723. The number of unbranched alkanes of at least 4 members (excludes halogenated alkanes) is 8. The van der Waals surface area contributed by atoms with Crippen LogP contribution < -0.4 is 0 Å². The van der Waals surface area contributed by atoms with Gasteiger partial charge in [-0.2, -0.15) is 0 Å². The fraction of sp³-hybridized carbons (Fsp3) is 0.571. The minimum absolute atomic E-state index is 0.406. The van der Waals surface area contributed by atoms with Gasteiger partial charge in [-0.3, -0.25) is 9.59 Å². The van der Waals surface area contributed by atoms with Gasteiger partial charge in [-0.25, -0.2) is 0 Å². The lowest BCUT2D eigenvalue weighted by Gasteiger charge is -2.19. The molecule has 2 unspecified atom stereocenters. The van der Waals surface area contributed by atoms with Gasteiger partial charge in [0.2, 0.25) is 0 Å². The number of benzene rings is 1. The van der Waals surface area contributed by atoms with E-state index >= 15 is 0 Å². The molecule has 0 fully saturated rings. The molecule has 1 rings (SSSR count). The van der Waals surface area contributed by atoms with Crippen LogP contribution in [-0.4, -0.2) is 11.9 Å². The molecule has 0 radical (unpaired) electrons. The zero-order valence-electron chi connectivity index (χ0n) is 20.2. The van der Waals surface area contributed by atoms with Crippen LogP contribution in [0.5, 0.6) is 0 Å². The Morgan fingerprint density at radius 1 is 0.719 bits per heavy atom. The fourth-order valence-corrected chi connectivity index (χ4v) is 3.27. The van der Waals surface area contributed by atoms with Crippen LogP contribution in [0.15, 0.2) is 24.3 Å². The molecule has 174 valence electrons. The highest BCUT2D eigenvalue weighted by atomic mass is 16.5. The van der Waals surface area contributed by atoms with Gasteiger partial charge in [-0.05, 0) is 12.8 Å². The summed E-state index contributed by atoms with van der Waals surface area (Å²) >= 11 is 0. The van der Waals surface area contributed by atoms with E-state index in [4.69, 9.17) is 9.47 Å². The van der Waals surface area contributed by atoms with Crippen LogP contribution in [0.25, 0.3) is 0 Å². The predicted molar refractivity (Wildman–Crippen MR) is 129 cm³/mol. The number of hydrogen-bond donors (Lipinski definition) is 0. The Hall–Kier alpha value is -2.72. The second-order valence-electron chi connectivity index (χ2n) is 7.87. The third kappa shape index (κ3) is 11.6. The van der Waals surface area contributed by atoms with Crippen LogP contribution in [0.3, 0.4) is 0 Å². The van der Waals surface area contributed by atoms with Crippen LogP contribution in [0.1, 0.15) is 115 Å². The maximum atomic E-state index is 11.8. The third-order valence-electron chi connectivity index (χ3n) is 4.91. The first-order chi connectivity index (χ1) is 15.5. The van der Waals surface area contributed by atoms with Crippen molar-refractivity contribution in [2.45, 2.75) is 104 Å². The van der Waals surface area contributed by atoms with Gasteiger partial charge in [0.05, 0.1) is 0 Å². The van der Waals surface area contributed by atoms with Crippen molar-refractivity contribution < 1.29 is 19.1 Å². The predicted octanol–water partition coefficient (Wildman–Crippen LogP) is 6.84. The van der Waals surface area contributed by atoms with Gasteiger partial charge in [-0.1, -0.05) is 100 Å². The number of carbonyl (C=O) groups is 2. The maximum absolute atomic E-state index is 11.8. The topological polar surface area (TPSA) is 52.6 Å². The van der Waals surface area contributed by atoms with Gasteiger partial charge in [0.1, 0.15) is 0 Å². The van der Waals surface area contributed by atoms with Crippen LogP contribution in [0.2, 0.25) is 0 Å². The molecule has 0 heterocycles. The molecule has 0 aliphatic rings. The monoisotopic (exact) mass is 438 g/mol. The molecular weight excluding hydrogens is 400 g/mol. The summed E-state index contributed by atoms with van der Waals surface area (Å²) in [6.07, 6.45) is 9.13. The van der Waals surface area contributed by atoms with Gasteiger partial charge < -0.3 is 9.47 Å². The van der Waals surface area contributed by atoms with E-state index in [0.29, 0.717) is 11.1 Å². The zero-order chi connectivity index (χ0) is 23.6. The van der Waals surface area contributed by atoms with Gasteiger partial charge in [0.15, 0.2) is 12.2 Å². The zero-order valence-corrected chi connectivity index (χ0v) is 20.2. The smallest absolute Gasteiger partial charge is 0.304 e. The summed E-state index contributed by atoms with van der Waals surface area (Å²) in [5.74, 6) is 11.7. The van der Waals surface area contributed by atoms with Gasteiger partial charge >= 0.3 is 11.9 Å². The maximum Gasteiger partial charge on any atom is 0.304 e. The van der Waals surface area contributed by atoms with Crippen LogP contribution in [-0.2, 0) is 19.1 Å². The molecule has 1 aromatic carbocycles. The van der Waals surface area contributed by atoms with E-state index in [1.54, 1.807) is 0 Å². The highest BCUT2D eigenvalue weighted by molar-refractivity contribution is 5.68. The second kappa shape index (κ2) is 16.9. The van der Waals surface area contributed by atoms with Gasteiger partial charge in [0.25, 0.3) is 0 Å². The highest BCUT2D eigenvalue weighted by Crippen LogP contribution is 2.28. The molecule has 32 heavy (non-hydrogen) atoms. The molecule has 0 aliphatic heterocycles. The Kier molecular flexibility index (Phi) is 14.4. The van der Waals surface area contributed by atoms with E-state index < -0.39 is 24.1 Å². The number of esters is 2. The summed E-state index contributed by atoms with van der Waals surface area (Å²) in [4.78, 5) is 23.5. The first kappa shape index (κ1) is 27.3. The summed E-state index contributed by atoms with van der Waals surface area (Å²) in [6.45, 7) is 7.09. The minimum Gasteiger partial charge on any atom is -0.444 e. The summed E-state index contributed by atoms with van der Waals surface area (Å²) in [5, 5.41) is 0. The standard InChI is InChI=1S/C28H38O4/c1-5-7-9-11-13-15-21-27(31-23(3)29)25-19-17-18-20-26(25)28(32-24(4)30)22-16-14-12-10-8-6-2/h17-20,27-28H,5-14H2,1-4H3. The second-order valence-corrected chi connectivity index (χ2v) is 7.87. The Morgan fingerprint density at radius 2 is 1.12 bits per heavy atom. The number of carbonyl (C=O) groups excluding carboxylic acids is 2. The lowest BCUT2D eigenvalue weighted by Crippen LogP contribution is -2.14. The fourth-order valence-electron chi connectivity index (χ4n) is 3.27. The Balaban J connectivity index is 3.11. The largest absolute Gasteiger partial charge is 0.444 e. The quantitative estimate of drug-likeness (QED) is 0.204. The molecule has 0 saturated carbocycles. The molecule has 0 aromatic heterocycles. The molecule has 2 atom stereocenters. The Bertz CT molecular complexity index is 750. The first-order valence-electron chi connectivity index (χ1n) is 11.9. The normalized spacial score (nSPS) is 11.9. The van der Waals surface area contributed by atoms with E-state index in [9.17, 15) is 9.59 Å². The van der Waals surface area contributed by atoms with E-state index in [2.05, 4.69) is 37.5 Å². The van der Waals surface area contributed by atoms with Crippen LogP contribution in [0.4, 0.5) is 0 Å². The van der Waals surface area contributed by atoms with E-state index in [1.165, 1.54) is 39.5 Å². The summed E-state index contributed by atoms with van der Waals surface area (Å²) in [7, 11) is 0. The molecule has 0 saturated heterocycles. The van der Waals surface area contributed by atoms with Crippen molar-refractivity contribution in [3.63, 3.8) is 0 Å². The Labute approximate surface area is 194 Å². The van der Waals surface area contributed by atoms with Crippen molar-refractivity contribution in [1.29, 1.82) is 0 Å². The summed E-state index contributed by atoms with van der Waals surface area (Å²) in [5.41, 5.74) is 1.41. The van der Waals surface area contributed by atoms with Crippen molar-refractivity contribution in [2.75, 3.05) is 0 Å².